The summed E-state index contributed by atoms with van der Waals surface area (Å²) in [4.78, 5) is 31.6. The Morgan fingerprint density at radius 2 is 1.28 bits per heavy atom. The Morgan fingerprint density at radius 3 is 1.89 bits per heavy atom. The third kappa shape index (κ3) is 12.5. The third-order valence-corrected chi connectivity index (χ3v) is 2.46. The minimum atomic E-state index is -0.969. The molecule has 0 atom stereocenters. The monoisotopic (exact) mass is 259 g/mol. The van der Waals surface area contributed by atoms with Crippen LogP contribution in [0.2, 0.25) is 0 Å². The normalized spacial score (nSPS) is 10.0. The van der Waals surface area contributed by atoms with Crippen molar-refractivity contribution in [3.05, 3.63) is 0 Å². The van der Waals surface area contributed by atoms with Crippen molar-refractivity contribution >= 4 is 17.8 Å². The zero-order valence-corrected chi connectivity index (χ0v) is 10.5. The molecule has 6 heteroatoms. The molecule has 0 rings (SSSR count). The first-order valence-electron chi connectivity index (χ1n) is 6.22. The van der Waals surface area contributed by atoms with Crippen molar-refractivity contribution < 1.29 is 24.6 Å². The maximum absolute atomic E-state index is 11.1. The van der Waals surface area contributed by atoms with Gasteiger partial charge in [-0.15, -0.1) is 0 Å². The van der Waals surface area contributed by atoms with Crippen LogP contribution in [0.15, 0.2) is 0 Å². The zero-order valence-electron chi connectivity index (χ0n) is 10.5. The zero-order chi connectivity index (χ0) is 13.8. The summed E-state index contributed by atoms with van der Waals surface area (Å²) in [5, 5.41) is 19.4. The van der Waals surface area contributed by atoms with Gasteiger partial charge in [-0.2, -0.15) is 0 Å². The van der Waals surface area contributed by atoms with E-state index in [9.17, 15) is 14.4 Å². The van der Waals surface area contributed by atoms with Gasteiger partial charge >= 0.3 is 11.9 Å². The van der Waals surface area contributed by atoms with E-state index in [1.54, 1.807) is 0 Å². The lowest BCUT2D eigenvalue weighted by molar-refractivity contribution is -0.139. The van der Waals surface area contributed by atoms with Crippen LogP contribution in [0.25, 0.3) is 0 Å². The largest absolute Gasteiger partial charge is 0.481 e. The van der Waals surface area contributed by atoms with Crippen LogP contribution in [0, 0.1) is 0 Å². The van der Waals surface area contributed by atoms with Crippen LogP contribution in [0.1, 0.15) is 51.4 Å². The average Bonchev–Trinajstić information content (AvgIpc) is 2.29. The lowest BCUT2D eigenvalue weighted by Gasteiger charge is -2.04. The maximum atomic E-state index is 11.1. The van der Waals surface area contributed by atoms with E-state index in [4.69, 9.17) is 10.2 Å². The van der Waals surface area contributed by atoms with Crippen molar-refractivity contribution in [1.29, 1.82) is 0 Å². The Bertz CT molecular complexity index is 278. The molecular weight excluding hydrogens is 238 g/mol. The molecule has 6 nitrogen and oxygen atoms in total. The van der Waals surface area contributed by atoms with Gasteiger partial charge in [0.25, 0.3) is 0 Å². The predicted octanol–water partition coefficient (Wildman–Crippen LogP) is 1.39. The first-order chi connectivity index (χ1) is 8.52. The van der Waals surface area contributed by atoms with Crippen LogP contribution in [0.3, 0.4) is 0 Å². The van der Waals surface area contributed by atoms with Gasteiger partial charge in [0.15, 0.2) is 0 Å². The standard InChI is InChI=1S/C12H21NO5/c14-10(7-8-12(17)18)13-9-5-3-1-2-4-6-11(15)16/h1-9H2,(H,13,14)(H,15,16)(H,17,18). The Morgan fingerprint density at radius 1 is 0.722 bits per heavy atom. The van der Waals surface area contributed by atoms with E-state index in [-0.39, 0.29) is 25.2 Å². The van der Waals surface area contributed by atoms with E-state index >= 15 is 0 Å². The number of carbonyl (C=O) groups is 3. The average molecular weight is 259 g/mol. The molecule has 0 saturated heterocycles. The summed E-state index contributed by atoms with van der Waals surface area (Å²) in [6.45, 7) is 0.553. The quantitative estimate of drug-likeness (QED) is 0.486. The van der Waals surface area contributed by atoms with Gasteiger partial charge in [-0.3, -0.25) is 14.4 Å². The number of carboxylic acid groups (broad SMARTS) is 2. The summed E-state index contributed by atoms with van der Waals surface area (Å²) in [5.74, 6) is -1.97. The second-order valence-electron chi connectivity index (χ2n) is 4.16. The summed E-state index contributed by atoms with van der Waals surface area (Å²) in [6, 6.07) is 0. The Kier molecular flexibility index (Phi) is 9.62. The van der Waals surface area contributed by atoms with Gasteiger partial charge in [0.1, 0.15) is 0 Å². The number of nitrogens with one attached hydrogen (secondary N) is 1. The Hall–Kier alpha value is -1.59. The summed E-state index contributed by atoms with van der Waals surface area (Å²) in [6.07, 6.45) is 4.42. The van der Waals surface area contributed by atoms with Crippen molar-refractivity contribution in [2.45, 2.75) is 51.4 Å². The van der Waals surface area contributed by atoms with E-state index < -0.39 is 11.9 Å². The summed E-state index contributed by atoms with van der Waals surface area (Å²) < 4.78 is 0. The van der Waals surface area contributed by atoms with E-state index in [1.807, 2.05) is 0 Å². The predicted molar refractivity (Wildman–Crippen MR) is 65.2 cm³/mol. The first kappa shape index (κ1) is 16.4. The SMILES string of the molecule is O=C(O)CCCCCCCNC(=O)CCC(=O)O. The molecule has 0 unspecified atom stereocenters. The van der Waals surface area contributed by atoms with E-state index in [2.05, 4.69) is 5.32 Å². The fraction of sp³-hybridized carbons (Fsp3) is 0.750. The molecular formula is C12H21NO5. The molecule has 3 N–H and O–H groups in total. The molecule has 0 heterocycles. The molecule has 0 radical (unpaired) electrons. The van der Waals surface area contributed by atoms with Gasteiger partial charge in [0.05, 0.1) is 6.42 Å². The minimum Gasteiger partial charge on any atom is -0.481 e. The number of carbonyl (C=O) groups excluding carboxylic acids is 1. The highest BCUT2D eigenvalue weighted by Gasteiger charge is 2.04. The highest BCUT2D eigenvalue weighted by molar-refractivity contribution is 5.80. The van der Waals surface area contributed by atoms with Crippen molar-refractivity contribution in [1.82, 2.24) is 5.32 Å². The Labute approximate surface area is 106 Å². The molecule has 0 fully saturated rings. The topological polar surface area (TPSA) is 104 Å². The van der Waals surface area contributed by atoms with Crippen molar-refractivity contribution in [3.8, 4) is 0 Å². The van der Waals surface area contributed by atoms with Crippen LogP contribution in [-0.4, -0.2) is 34.6 Å². The summed E-state index contributed by atoms with van der Waals surface area (Å²) in [5.41, 5.74) is 0. The van der Waals surface area contributed by atoms with Gasteiger partial charge in [-0.05, 0) is 12.8 Å². The molecule has 0 aliphatic heterocycles. The molecule has 0 aromatic heterocycles. The number of rotatable bonds is 11. The molecule has 0 aromatic rings. The number of hydrogen-bond donors (Lipinski definition) is 3. The van der Waals surface area contributed by atoms with Crippen molar-refractivity contribution in [2.24, 2.45) is 0 Å². The fourth-order valence-corrected chi connectivity index (χ4v) is 1.47. The van der Waals surface area contributed by atoms with Crippen LogP contribution in [-0.2, 0) is 14.4 Å². The van der Waals surface area contributed by atoms with Gasteiger partial charge < -0.3 is 15.5 Å². The lowest BCUT2D eigenvalue weighted by Crippen LogP contribution is -2.24. The number of hydrogen-bond acceptors (Lipinski definition) is 3. The molecule has 0 bridgehead atoms. The molecule has 0 aliphatic rings. The second kappa shape index (κ2) is 10.6. The number of amides is 1. The van der Waals surface area contributed by atoms with Crippen molar-refractivity contribution in [3.63, 3.8) is 0 Å². The highest BCUT2D eigenvalue weighted by atomic mass is 16.4. The molecule has 0 aromatic carbocycles. The van der Waals surface area contributed by atoms with Crippen LogP contribution < -0.4 is 5.32 Å². The number of aliphatic carboxylic acids is 2. The maximum Gasteiger partial charge on any atom is 0.303 e. The van der Waals surface area contributed by atoms with Gasteiger partial charge in [0, 0.05) is 19.4 Å². The summed E-state index contributed by atoms with van der Waals surface area (Å²) in [7, 11) is 0. The smallest absolute Gasteiger partial charge is 0.303 e. The van der Waals surface area contributed by atoms with Gasteiger partial charge in [-0.25, -0.2) is 0 Å². The number of unbranched alkanes of at least 4 members (excludes halogenated alkanes) is 4. The van der Waals surface area contributed by atoms with Gasteiger partial charge in [-0.1, -0.05) is 19.3 Å². The molecule has 0 aliphatic carbocycles. The molecule has 0 spiro atoms. The number of carboxylic acids is 2. The minimum absolute atomic E-state index is 0.0218. The molecule has 18 heavy (non-hydrogen) atoms. The van der Waals surface area contributed by atoms with E-state index in [0.717, 1.165) is 25.7 Å². The lowest BCUT2D eigenvalue weighted by atomic mass is 10.1. The molecule has 104 valence electrons. The molecule has 0 saturated carbocycles. The van der Waals surface area contributed by atoms with E-state index in [1.165, 1.54) is 0 Å². The van der Waals surface area contributed by atoms with Crippen molar-refractivity contribution in [2.75, 3.05) is 6.54 Å². The highest BCUT2D eigenvalue weighted by Crippen LogP contribution is 2.04. The van der Waals surface area contributed by atoms with Gasteiger partial charge in [0.2, 0.25) is 5.91 Å². The van der Waals surface area contributed by atoms with Crippen LogP contribution >= 0.6 is 0 Å². The van der Waals surface area contributed by atoms with Crippen LogP contribution in [0.4, 0.5) is 0 Å². The fourth-order valence-electron chi connectivity index (χ4n) is 1.47. The summed E-state index contributed by atoms with van der Waals surface area (Å²) >= 11 is 0. The third-order valence-electron chi connectivity index (χ3n) is 2.46. The first-order valence-corrected chi connectivity index (χ1v) is 6.22. The molecule has 1 amide bonds. The van der Waals surface area contributed by atoms with E-state index in [0.29, 0.717) is 13.0 Å². The second-order valence-corrected chi connectivity index (χ2v) is 4.16. The Balaban J connectivity index is 3.22. The van der Waals surface area contributed by atoms with Crippen LogP contribution in [0.5, 0.6) is 0 Å².